The summed E-state index contributed by atoms with van der Waals surface area (Å²) in [6.07, 6.45) is -1.09. The first-order valence-electron chi connectivity index (χ1n) is 11.5. The summed E-state index contributed by atoms with van der Waals surface area (Å²) in [5.41, 5.74) is 1.32. The van der Waals surface area contributed by atoms with E-state index in [4.69, 9.17) is 0 Å². The average Bonchev–Trinajstić information content (AvgIpc) is 2.84. The van der Waals surface area contributed by atoms with Crippen molar-refractivity contribution in [1.29, 1.82) is 0 Å². The lowest BCUT2D eigenvalue weighted by Gasteiger charge is -2.32. The molecule has 2 aromatic carbocycles. The van der Waals surface area contributed by atoms with Crippen molar-refractivity contribution in [2.75, 3.05) is 20.9 Å². The summed E-state index contributed by atoms with van der Waals surface area (Å²) in [5, 5.41) is 19.0. The van der Waals surface area contributed by atoms with Crippen molar-refractivity contribution >= 4 is 41.1 Å². The second-order valence-corrected chi connectivity index (χ2v) is 9.06. The molecule has 0 atom stereocenters. The summed E-state index contributed by atoms with van der Waals surface area (Å²) in [5.74, 6) is 0.766. The molecular weight excluding hydrogens is 475 g/mol. The molecule has 2 aromatic heterocycles. The van der Waals surface area contributed by atoms with E-state index >= 15 is 0 Å². The highest BCUT2D eigenvalue weighted by molar-refractivity contribution is 5.86. The Morgan fingerprint density at radius 3 is 2.00 bits per heavy atom. The summed E-state index contributed by atoms with van der Waals surface area (Å²) in [4.78, 5) is 30.9. The Morgan fingerprint density at radius 1 is 0.811 bits per heavy atom. The monoisotopic (exact) mass is 502 g/mol. The van der Waals surface area contributed by atoms with E-state index in [2.05, 4.69) is 35.9 Å². The molecule has 0 unspecified atom stereocenters. The molecule has 0 aliphatic carbocycles. The molecule has 0 aliphatic heterocycles. The lowest BCUT2D eigenvalue weighted by molar-refractivity contribution is 0.195. The van der Waals surface area contributed by atoms with Gasteiger partial charge < -0.3 is 21.1 Å². The van der Waals surface area contributed by atoms with Gasteiger partial charge in [-0.25, -0.2) is 14.2 Å². The Morgan fingerprint density at radius 2 is 1.41 bits per heavy atom. The number of rotatable bonds is 8. The highest BCUT2D eigenvalue weighted by Gasteiger charge is 2.29. The van der Waals surface area contributed by atoms with Crippen LogP contribution in [0, 0.1) is 5.82 Å². The molecule has 0 fully saturated rings. The fraction of sp³-hybridized carbons (Fsp3) is 0.192. The zero-order valence-corrected chi connectivity index (χ0v) is 20.6. The van der Waals surface area contributed by atoms with E-state index in [-0.39, 0.29) is 24.3 Å². The largest absolute Gasteiger partial charge is 0.465 e. The molecule has 190 valence electrons. The summed E-state index contributed by atoms with van der Waals surface area (Å²) in [6.45, 7) is 5.64. The molecule has 10 nitrogen and oxygen atoms in total. The molecule has 4 rings (SSSR count). The van der Waals surface area contributed by atoms with Gasteiger partial charge >= 0.3 is 6.09 Å². The van der Waals surface area contributed by atoms with Gasteiger partial charge in [-0.2, -0.15) is 15.0 Å². The number of carbonyl (C=O) groups is 1. The van der Waals surface area contributed by atoms with Gasteiger partial charge in [0.15, 0.2) is 0 Å². The van der Waals surface area contributed by atoms with Gasteiger partial charge in [-0.15, -0.1) is 0 Å². The third-order valence-electron chi connectivity index (χ3n) is 5.08. The minimum absolute atomic E-state index is 0.232. The molecule has 11 heteroatoms. The topological polar surface area (TPSA) is 128 Å². The summed E-state index contributed by atoms with van der Waals surface area (Å²) in [6, 6.07) is 20.4. The van der Waals surface area contributed by atoms with Gasteiger partial charge in [-0.3, -0.25) is 4.90 Å². The van der Waals surface area contributed by atoms with Crippen LogP contribution in [0.25, 0.3) is 0 Å². The minimum Gasteiger partial charge on any atom is -0.465 e. The maximum atomic E-state index is 13.3. The normalized spacial score (nSPS) is 11.0. The molecule has 0 bridgehead atoms. The van der Waals surface area contributed by atoms with E-state index in [0.717, 1.165) is 5.69 Å². The Balaban J connectivity index is 1.58. The van der Waals surface area contributed by atoms with E-state index in [0.29, 0.717) is 23.1 Å². The van der Waals surface area contributed by atoms with E-state index < -0.39 is 11.6 Å². The summed E-state index contributed by atoms with van der Waals surface area (Å²) in [7, 11) is 0. The van der Waals surface area contributed by atoms with Crippen molar-refractivity contribution in [1.82, 2.24) is 19.9 Å². The number of anilines is 6. The van der Waals surface area contributed by atoms with Crippen LogP contribution in [0.3, 0.4) is 0 Å². The van der Waals surface area contributed by atoms with Gasteiger partial charge in [-0.1, -0.05) is 24.3 Å². The van der Waals surface area contributed by atoms with Gasteiger partial charge in [0, 0.05) is 16.9 Å². The first kappa shape index (κ1) is 25.3. The minimum atomic E-state index is -1.09. The van der Waals surface area contributed by atoms with E-state index in [9.17, 15) is 14.3 Å². The molecule has 0 spiro atoms. The third-order valence-corrected chi connectivity index (χ3v) is 5.08. The number of nitrogens with zero attached hydrogens (tertiary/aromatic N) is 5. The lowest BCUT2D eigenvalue weighted by Crippen LogP contribution is -2.45. The standard InChI is InChI=1S/C26H27FN8O2/c1-26(2,3)35(25(36)37)21-11-7-10-20(29-21)16-28-22-32-23(30-18-8-5-4-6-9-18)34-24(33-22)31-19-14-12-17(27)13-15-19/h4-15H,16H2,1-3H3,(H,36,37)(H3,28,30,31,32,33,34). The number of hydrogen-bond acceptors (Lipinski definition) is 8. The summed E-state index contributed by atoms with van der Waals surface area (Å²) < 4.78 is 13.3. The zero-order chi connectivity index (χ0) is 26.4. The second kappa shape index (κ2) is 10.9. The number of aromatic nitrogens is 4. The number of nitrogens with one attached hydrogen (secondary N) is 3. The fourth-order valence-corrected chi connectivity index (χ4v) is 3.47. The van der Waals surface area contributed by atoms with Crippen LogP contribution in [0.2, 0.25) is 0 Å². The Bertz CT molecular complexity index is 1360. The Hall–Kier alpha value is -4.80. The average molecular weight is 503 g/mol. The lowest BCUT2D eigenvalue weighted by atomic mass is 10.1. The fourth-order valence-electron chi connectivity index (χ4n) is 3.47. The molecule has 0 saturated heterocycles. The van der Waals surface area contributed by atoms with Crippen LogP contribution in [0.4, 0.5) is 44.2 Å². The molecule has 0 saturated carbocycles. The second-order valence-electron chi connectivity index (χ2n) is 9.06. The molecule has 1 amide bonds. The SMILES string of the molecule is CC(C)(C)N(C(=O)O)c1cccc(CNc2nc(Nc3ccccc3)nc(Nc3ccc(F)cc3)n2)n1. The highest BCUT2D eigenvalue weighted by atomic mass is 19.1. The molecule has 4 N–H and O–H groups in total. The van der Waals surface area contributed by atoms with Crippen molar-refractivity contribution in [3.8, 4) is 0 Å². The molecule has 0 aliphatic rings. The first-order valence-corrected chi connectivity index (χ1v) is 11.5. The van der Waals surface area contributed by atoms with Gasteiger partial charge in [0.05, 0.1) is 12.2 Å². The van der Waals surface area contributed by atoms with Gasteiger partial charge in [-0.05, 0) is 69.3 Å². The van der Waals surface area contributed by atoms with Crippen molar-refractivity contribution < 1.29 is 14.3 Å². The predicted molar refractivity (Wildman–Crippen MR) is 141 cm³/mol. The van der Waals surface area contributed by atoms with Crippen LogP contribution in [-0.4, -0.2) is 36.7 Å². The molecule has 4 aromatic rings. The molecule has 2 heterocycles. The number of benzene rings is 2. The van der Waals surface area contributed by atoms with E-state index in [1.807, 2.05) is 30.3 Å². The Labute approximate surface area is 213 Å². The van der Waals surface area contributed by atoms with Crippen LogP contribution < -0.4 is 20.9 Å². The number of hydrogen-bond donors (Lipinski definition) is 4. The first-order chi connectivity index (χ1) is 17.7. The van der Waals surface area contributed by atoms with Crippen LogP contribution in [0.5, 0.6) is 0 Å². The number of pyridine rings is 1. The van der Waals surface area contributed by atoms with Crippen LogP contribution in [0.15, 0.2) is 72.8 Å². The number of carboxylic acid groups (broad SMARTS) is 1. The van der Waals surface area contributed by atoms with Crippen LogP contribution in [0.1, 0.15) is 26.5 Å². The van der Waals surface area contributed by atoms with Gasteiger partial charge in [0.1, 0.15) is 11.6 Å². The smallest absolute Gasteiger partial charge is 0.413 e. The number of amides is 1. The van der Waals surface area contributed by atoms with Gasteiger partial charge in [0.2, 0.25) is 17.8 Å². The van der Waals surface area contributed by atoms with E-state index in [1.165, 1.54) is 17.0 Å². The maximum absolute atomic E-state index is 13.3. The summed E-state index contributed by atoms with van der Waals surface area (Å²) >= 11 is 0. The highest BCUT2D eigenvalue weighted by Crippen LogP contribution is 2.23. The van der Waals surface area contributed by atoms with E-state index in [1.54, 1.807) is 51.1 Å². The Kier molecular flexibility index (Phi) is 7.42. The predicted octanol–water partition coefficient (Wildman–Crippen LogP) is 5.79. The van der Waals surface area contributed by atoms with Crippen molar-refractivity contribution in [2.45, 2.75) is 32.9 Å². The third kappa shape index (κ3) is 6.88. The van der Waals surface area contributed by atoms with Gasteiger partial charge in [0.25, 0.3) is 0 Å². The molecular formula is C26H27FN8O2. The zero-order valence-electron chi connectivity index (χ0n) is 20.6. The van der Waals surface area contributed by atoms with Crippen molar-refractivity contribution in [3.05, 3.63) is 84.3 Å². The van der Waals surface area contributed by atoms with Crippen molar-refractivity contribution in [2.24, 2.45) is 0 Å². The number of halogens is 1. The quantitative estimate of drug-likeness (QED) is 0.237. The maximum Gasteiger partial charge on any atom is 0.413 e. The van der Waals surface area contributed by atoms with Crippen molar-refractivity contribution in [3.63, 3.8) is 0 Å². The number of para-hydroxylation sites is 1. The van der Waals surface area contributed by atoms with Crippen LogP contribution >= 0.6 is 0 Å². The molecule has 37 heavy (non-hydrogen) atoms. The van der Waals surface area contributed by atoms with Crippen LogP contribution in [-0.2, 0) is 6.54 Å². The molecule has 0 radical (unpaired) electrons.